The Bertz CT molecular complexity index is 150. The number of hydrogen-bond donors (Lipinski definition) is 1. The normalized spacial score (nSPS) is 28.3. The number of likely N-dealkylation sites (N-methyl/N-ethyl adjacent to an activating group) is 1. The fourth-order valence-corrected chi connectivity index (χ4v) is 1.66. The molecule has 0 bridgehead atoms. The van der Waals surface area contributed by atoms with Gasteiger partial charge in [0.15, 0.2) is 0 Å². The first-order valence-corrected chi connectivity index (χ1v) is 5.60. The molecule has 0 radical (unpaired) electrons. The Morgan fingerprint density at radius 3 is 2.93 bits per heavy atom. The van der Waals surface area contributed by atoms with Crippen LogP contribution in [0.1, 0.15) is 26.7 Å². The lowest BCUT2D eigenvalue weighted by Gasteiger charge is -2.31. The van der Waals surface area contributed by atoms with Crippen LogP contribution in [0.4, 0.5) is 0 Å². The fourth-order valence-electron chi connectivity index (χ4n) is 1.66. The van der Waals surface area contributed by atoms with Crippen molar-refractivity contribution in [3.05, 3.63) is 0 Å². The lowest BCUT2D eigenvalue weighted by atomic mass is 10.1. The van der Waals surface area contributed by atoms with Crippen LogP contribution in [-0.4, -0.2) is 39.0 Å². The van der Waals surface area contributed by atoms with E-state index in [1.54, 1.807) is 0 Å². The quantitative estimate of drug-likeness (QED) is 0.730. The first-order chi connectivity index (χ1) is 6.74. The Kier molecular flexibility index (Phi) is 5.45. The molecule has 0 aromatic carbocycles. The smallest absolute Gasteiger partial charge is 0.0961 e. The SMILES string of the molecule is CNC1CCOCC1OCCC(C)C. The second kappa shape index (κ2) is 6.38. The summed E-state index contributed by atoms with van der Waals surface area (Å²) in [6.45, 7) is 6.88. The molecule has 0 aromatic heterocycles. The summed E-state index contributed by atoms with van der Waals surface area (Å²) in [5.74, 6) is 0.715. The molecule has 1 rings (SSSR count). The molecule has 1 fully saturated rings. The van der Waals surface area contributed by atoms with E-state index in [2.05, 4.69) is 19.2 Å². The number of ether oxygens (including phenoxy) is 2. The van der Waals surface area contributed by atoms with Crippen molar-refractivity contribution in [1.82, 2.24) is 5.32 Å². The molecule has 0 spiro atoms. The van der Waals surface area contributed by atoms with E-state index in [9.17, 15) is 0 Å². The van der Waals surface area contributed by atoms with Crippen LogP contribution < -0.4 is 5.32 Å². The molecule has 1 saturated heterocycles. The van der Waals surface area contributed by atoms with Crippen molar-refractivity contribution < 1.29 is 9.47 Å². The summed E-state index contributed by atoms with van der Waals surface area (Å²) in [7, 11) is 1.99. The van der Waals surface area contributed by atoms with Crippen LogP contribution in [0.2, 0.25) is 0 Å². The third-order valence-electron chi connectivity index (χ3n) is 2.70. The second-order valence-corrected chi connectivity index (χ2v) is 4.35. The molecule has 0 amide bonds. The van der Waals surface area contributed by atoms with E-state index < -0.39 is 0 Å². The zero-order chi connectivity index (χ0) is 10.4. The van der Waals surface area contributed by atoms with Gasteiger partial charge in [-0.2, -0.15) is 0 Å². The maximum absolute atomic E-state index is 5.81. The Labute approximate surface area is 87.2 Å². The number of nitrogens with one attached hydrogen (secondary N) is 1. The van der Waals surface area contributed by atoms with E-state index in [1.807, 2.05) is 7.05 Å². The standard InChI is InChI=1S/C11H23NO2/c1-9(2)4-7-14-11-8-13-6-5-10(11)12-3/h9-12H,4-8H2,1-3H3. The van der Waals surface area contributed by atoms with Crippen molar-refractivity contribution in [3.8, 4) is 0 Å². The molecule has 1 aliphatic heterocycles. The van der Waals surface area contributed by atoms with Gasteiger partial charge in [0, 0.05) is 19.3 Å². The maximum Gasteiger partial charge on any atom is 0.0961 e. The zero-order valence-corrected chi connectivity index (χ0v) is 9.58. The van der Waals surface area contributed by atoms with Crippen LogP contribution in [0.5, 0.6) is 0 Å². The average molecular weight is 201 g/mol. The summed E-state index contributed by atoms with van der Waals surface area (Å²) in [4.78, 5) is 0. The maximum atomic E-state index is 5.81. The molecule has 1 N–H and O–H groups in total. The molecule has 2 atom stereocenters. The summed E-state index contributed by atoms with van der Waals surface area (Å²) in [6, 6.07) is 0.468. The Morgan fingerprint density at radius 1 is 1.50 bits per heavy atom. The molecule has 1 heterocycles. The number of rotatable bonds is 5. The van der Waals surface area contributed by atoms with E-state index in [0.717, 1.165) is 32.7 Å². The first kappa shape index (κ1) is 12.0. The van der Waals surface area contributed by atoms with E-state index in [0.29, 0.717) is 12.0 Å². The van der Waals surface area contributed by atoms with Crippen molar-refractivity contribution in [2.45, 2.75) is 38.8 Å². The van der Waals surface area contributed by atoms with Gasteiger partial charge in [-0.15, -0.1) is 0 Å². The van der Waals surface area contributed by atoms with Gasteiger partial charge in [-0.05, 0) is 25.8 Å². The molecule has 0 aliphatic carbocycles. The van der Waals surface area contributed by atoms with Gasteiger partial charge in [-0.25, -0.2) is 0 Å². The minimum absolute atomic E-state index is 0.243. The van der Waals surface area contributed by atoms with Crippen molar-refractivity contribution >= 4 is 0 Å². The Hall–Kier alpha value is -0.120. The van der Waals surface area contributed by atoms with Crippen LogP contribution >= 0.6 is 0 Å². The van der Waals surface area contributed by atoms with Crippen LogP contribution in [0, 0.1) is 5.92 Å². The van der Waals surface area contributed by atoms with Crippen LogP contribution in [0.25, 0.3) is 0 Å². The highest BCUT2D eigenvalue weighted by atomic mass is 16.5. The van der Waals surface area contributed by atoms with Crippen LogP contribution in [-0.2, 0) is 9.47 Å². The minimum atomic E-state index is 0.243. The van der Waals surface area contributed by atoms with Crippen molar-refractivity contribution in [2.75, 3.05) is 26.9 Å². The van der Waals surface area contributed by atoms with Gasteiger partial charge in [0.1, 0.15) is 0 Å². The Balaban J connectivity index is 2.19. The second-order valence-electron chi connectivity index (χ2n) is 4.35. The third kappa shape index (κ3) is 3.95. The molecule has 3 heteroatoms. The lowest BCUT2D eigenvalue weighted by Crippen LogP contribution is -2.46. The van der Waals surface area contributed by atoms with E-state index >= 15 is 0 Å². The highest BCUT2D eigenvalue weighted by Crippen LogP contribution is 2.12. The Morgan fingerprint density at radius 2 is 2.29 bits per heavy atom. The molecular weight excluding hydrogens is 178 g/mol. The largest absolute Gasteiger partial charge is 0.379 e. The first-order valence-electron chi connectivity index (χ1n) is 5.60. The summed E-state index contributed by atoms with van der Waals surface area (Å²) >= 11 is 0. The van der Waals surface area contributed by atoms with Crippen molar-refractivity contribution in [2.24, 2.45) is 5.92 Å². The minimum Gasteiger partial charge on any atom is -0.379 e. The molecule has 1 aliphatic rings. The van der Waals surface area contributed by atoms with Gasteiger partial charge in [0.2, 0.25) is 0 Å². The molecule has 3 nitrogen and oxygen atoms in total. The highest BCUT2D eigenvalue weighted by molar-refractivity contribution is 4.79. The predicted molar refractivity (Wildman–Crippen MR) is 57.5 cm³/mol. The fraction of sp³-hybridized carbons (Fsp3) is 1.00. The van der Waals surface area contributed by atoms with Gasteiger partial charge < -0.3 is 14.8 Å². The summed E-state index contributed by atoms with van der Waals surface area (Å²) in [6.07, 6.45) is 2.43. The molecular formula is C11H23NO2. The zero-order valence-electron chi connectivity index (χ0n) is 9.58. The van der Waals surface area contributed by atoms with E-state index in [-0.39, 0.29) is 6.10 Å². The third-order valence-corrected chi connectivity index (χ3v) is 2.70. The van der Waals surface area contributed by atoms with Gasteiger partial charge in [0.25, 0.3) is 0 Å². The molecule has 14 heavy (non-hydrogen) atoms. The monoisotopic (exact) mass is 201 g/mol. The molecule has 0 aromatic rings. The number of hydrogen-bond acceptors (Lipinski definition) is 3. The molecule has 2 unspecified atom stereocenters. The van der Waals surface area contributed by atoms with Gasteiger partial charge in [0.05, 0.1) is 12.7 Å². The van der Waals surface area contributed by atoms with Crippen molar-refractivity contribution in [1.29, 1.82) is 0 Å². The molecule has 84 valence electrons. The van der Waals surface area contributed by atoms with Gasteiger partial charge in [-0.3, -0.25) is 0 Å². The summed E-state index contributed by atoms with van der Waals surface area (Å²) in [5.41, 5.74) is 0. The predicted octanol–water partition coefficient (Wildman–Crippen LogP) is 1.43. The summed E-state index contributed by atoms with van der Waals surface area (Å²) < 4.78 is 11.2. The van der Waals surface area contributed by atoms with Gasteiger partial charge in [-0.1, -0.05) is 13.8 Å². The summed E-state index contributed by atoms with van der Waals surface area (Å²) in [5, 5.41) is 3.29. The van der Waals surface area contributed by atoms with E-state index in [4.69, 9.17) is 9.47 Å². The van der Waals surface area contributed by atoms with Crippen LogP contribution in [0.15, 0.2) is 0 Å². The molecule has 0 saturated carbocycles. The highest BCUT2D eigenvalue weighted by Gasteiger charge is 2.24. The average Bonchev–Trinajstić information content (AvgIpc) is 2.18. The van der Waals surface area contributed by atoms with Crippen molar-refractivity contribution in [3.63, 3.8) is 0 Å². The van der Waals surface area contributed by atoms with Crippen LogP contribution in [0.3, 0.4) is 0 Å². The van der Waals surface area contributed by atoms with E-state index in [1.165, 1.54) is 0 Å². The topological polar surface area (TPSA) is 30.5 Å². The van der Waals surface area contributed by atoms with Gasteiger partial charge >= 0.3 is 0 Å². The lowest BCUT2D eigenvalue weighted by molar-refractivity contribution is -0.0695.